The minimum atomic E-state index is -0.448. The summed E-state index contributed by atoms with van der Waals surface area (Å²) in [4.78, 5) is 22.5. The molecule has 1 amide bonds. The van der Waals surface area contributed by atoms with E-state index in [1.807, 2.05) is 30.3 Å². The Bertz CT molecular complexity index is 395. The Balaban J connectivity index is 1.80. The number of nitrogens with one attached hydrogen (secondary N) is 2. The van der Waals surface area contributed by atoms with E-state index in [9.17, 15) is 9.59 Å². The third-order valence-electron chi connectivity index (χ3n) is 2.52. The van der Waals surface area contributed by atoms with E-state index < -0.39 is 6.04 Å². The molecule has 1 saturated heterocycles. The molecule has 1 aromatic carbocycles. The molecule has 5 nitrogen and oxygen atoms in total. The molecule has 0 aliphatic carbocycles. The van der Waals surface area contributed by atoms with E-state index in [2.05, 4.69) is 10.6 Å². The number of esters is 1. The van der Waals surface area contributed by atoms with Crippen LogP contribution in [0.1, 0.15) is 5.56 Å². The van der Waals surface area contributed by atoms with Gasteiger partial charge in [0.05, 0.1) is 6.54 Å². The van der Waals surface area contributed by atoms with Gasteiger partial charge < -0.3 is 10.1 Å². The number of piperazine rings is 1. The predicted octanol–water partition coefficient (Wildman–Crippen LogP) is -0.182. The van der Waals surface area contributed by atoms with Crippen LogP contribution in [0.15, 0.2) is 30.3 Å². The van der Waals surface area contributed by atoms with Crippen molar-refractivity contribution in [1.29, 1.82) is 0 Å². The fourth-order valence-corrected chi connectivity index (χ4v) is 1.56. The summed E-state index contributed by atoms with van der Waals surface area (Å²) in [6.45, 7) is 0.698. The molecule has 0 spiro atoms. The van der Waals surface area contributed by atoms with Crippen molar-refractivity contribution < 1.29 is 14.3 Å². The standard InChI is InChI=1S/C12H14N2O3/c15-11-7-13-10(6-14-11)12(16)17-8-9-4-2-1-3-5-9/h1-5,10,13H,6-8H2,(H,14,15). The van der Waals surface area contributed by atoms with Crippen LogP contribution in [0.5, 0.6) is 0 Å². The first-order valence-electron chi connectivity index (χ1n) is 5.46. The number of ether oxygens (including phenoxy) is 1. The molecule has 17 heavy (non-hydrogen) atoms. The minimum Gasteiger partial charge on any atom is -0.460 e. The summed E-state index contributed by atoms with van der Waals surface area (Å²) < 4.78 is 5.15. The van der Waals surface area contributed by atoms with Crippen LogP contribution in [0.2, 0.25) is 0 Å². The average Bonchev–Trinajstić information content (AvgIpc) is 2.38. The molecule has 2 rings (SSSR count). The molecular weight excluding hydrogens is 220 g/mol. The van der Waals surface area contributed by atoms with Gasteiger partial charge in [-0.2, -0.15) is 0 Å². The third kappa shape index (κ3) is 3.29. The lowest BCUT2D eigenvalue weighted by molar-refractivity contribution is -0.148. The lowest BCUT2D eigenvalue weighted by Crippen LogP contribution is -2.55. The fraction of sp³-hybridized carbons (Fsp3) is 0.333. The SMILES string of the molecule is O=C1CNC(C(=O)OCc2ccccc2)CN1. The zero-order valence-electron chi connectivity index (χ0n) is 9.31. The maximum atomic E-state index is 11.6. The highest BCUT2D eigenvalue weighted by Gasteiger charge is 2.24. The molecule has 1 fully saturated rings. The van der Waals surface area contributed by atoms with Crippen LogP contribution in [0.25, 0.3) is 0 Å². The Morgan fingerprint density at radius 1 is 1.35 bits per heavy atom. The number of carbonyl (C=O) groups is 2. The summed E-state index contributed by atoms with van der Waals surface area (Å²) in [5.74, 6) is -0.439. The molecule has 0 aromatic heterocycles. The first kappa shape index (κ1) is 11.6. The second-order valence-electron chi connectivity index (χ2n) is 3.83. The molecule has 5 heteroatoms. The van der Waals surface area contributed by atoms with Gasteiger partial charge in [-0.25, -0.2) is 0 Å². The van der Waals surface area contributed by atoms with Gasteiger partial charge in [0.1, 0.15) is 12.6 Å². The van der Waals surface area contributed by atoms with Crippen molar-refractivity contribution in [3.8, 4) is 0 Å². The van der Waals surface area contributed by atoms with E-state index in [0.717, 1.165) is 5.56 Å². The van der Waals surface area contributed by atoms with Gasteiger partial charge in [0.25, 0.3) is 0 Å². The van der Waals surface area contributed by atoms with Gasteiger partial charge in [-0.1, -0.05) is 30.3 Å². The number of rotatable bonds is 3. The minimum absolute atomic E-state index is 0.0999. The smallest absolute Gasteiger partial charge is 0.325 e. The van der Waals surface area contributed by atoms with Crippen molar-refractivity contribution in [2.75, 3.05) is 13.1 Å². The first-order chi connectivity index (χ1) is 8.25. The largest absolute Gasteiger partial charge is 0.460 e. The molecule has 1 aliphatic rings. The number of carbonyl (C=O) groups excluding carboxylic acids is 2. The highest BCUT2D eigenvalue weighted by Crippen LogP contribution is 2.02. The zero-order valence-corrected chi connectivity index (χ0v) is 9.31. The maximum absolute atomic E-state index is 11.6. The summed E-state index contributed by atoms with van der Waals surface area (Å²) in [7, 11) is 0. The van der Waals surface area contributed by atoms with Gasteiger partial charge in [-0.15, -0.1) is 0 Å². The van der Waals surface area contributed by atoms with Crippen LogP contribution in [-0.2, 0) is 20.9 Å². The molecule has 1 heterocycles. The van der Waals surface area contributed by atoms with Crippen molar-refractivity contribution in [2.24, 2.45) is 0 Å². The number of amides is 1. The summed E-state index contributed by atoms with van der Waals surface area (Å²) in [6, 6.07) is 9.03. The van der Waals surface area contributed by atoms with Crippen LogP contribution in [0, 0.1) is 0 Å². The van der Waals surface area contributed by atoms with E-state index in [0.29, 0.717) is 0 Å². The van der Waals surface area contributed by atoms with Gasteiger partial charge in [0, 0.05) is 6.54 Å². The number of hydrogen-bond donors (Lipinski definition) is 2. The lowest BCUT2D eigenvalue weighted by Gasteiger charge is -2.22. The quantitative estimate of drug-likeness (QED) is 0.712. The number of benzene rings is 1. The molecule has 1 unspecified atom stereocenters. The third-order valence-corrected chi connectivity index (χ3v) is 2.52. The highest BCUT2D eigenvalue weighted by atomic mass is 16.5. The van der Waals surface area contributed by atoms with Gasteiger partial charge in [0.15, 0.2) is 0 Å². The Morgan fingerprint density at radius 2 is 2.12 bits per heavy atom. The Kier molecular flexibility index (Phi) is 3.72. The maximum Gasteiger partial charge on any atom is 0.325 e. The molecule has 1 aromatic rings. The summed E-state index contributed by atoms with van der Waals surface area (Å²) in [5.41, 5.74) is 0.945. The van der Waals surface area contributed by atoms with E-state index in [1.54, 1.807) is 0 Å². The summed E-state index contributed by atoms with van der Waals surface area (Å²) >= 11 is 0. The van der Waals surface area contributed by atoms with Crippen molar-refractivity contribution >= 4 is 11.9 Å². The van der Waals surface area contributed by atoms with Gasteiger partial charge in [0.2, 0.25) is 5.91 Å². The lowest BCUT2D eigenvalue weighted by atomic mass is 10.2. The van der Waals surface area contributed by atoms with Crippen LogP contribution in [-0.4, -0.2) is 31.0 Å². The second-order valence-corrected chi connectivity index (χ2v) is 3.83. The van der Waals surface area contributed by atoms with Crippen LogP contribution >= 0.6 is 0 Å². The Morgan fingerprint density at radius 3 is 2.76 bits per heavy atom. The van der Waals surface area contributed by atoms with Crippen molar-refractivity contribution in [3.63, 3.8) is 0 Å². The molecule has 0 bridgehead atoms. The molecule has 90 valence electrons. The van der Waals surface area contributed by atoms with E-state index >= 15 is 0 Å². The van der Waals surface area contributed by atoms with Gasteiger partial charge in [-0.3, -0.25) is 14.9 Å². The molecule has 1 aliphatic heterocycles. The van der Waals surface area contributed by atoms with E-state index in [4.69, 9.17) is 4.74 Å². The average molecular weight is 234 g/mol. The monoisotopic (exact) mass is 234 g/mol. The molecule has 1 atom stereocenters. The van der Waals surface area contributed by atoms with Gasteiger partial charge >= 0.3 is 5.97 Å². The molecule has 2 N–H and O–H groups in total. The number of hydrogen-bond acceptors (Lipinski definition) is 4. The van der Waals surface area contributed by atoms with E-state index in [1.165, 1.54) is 0 Å². The van der Waals surface area contributed by atoms with Crippen molar-refractivity contribution in [2.45, 2.75) is 12.6 Å². The Labute approximate surface area is 99.2 Å². The highest BCUT2D eigenvalue weighted by molar-refractivity contribution is 5.83. The van der Waals surface area contributed by atoms with Gasteiger partial charge in [-0.05, 0) is 5.56 Å². The first-order valence-corrected chi connectivity index (χ1v) is 5.46. The van der Waals surface area contributed by atoms with E-state index in [-0.39, 0.29) is 31.6 Å². The fourth-order valence-electron chi connectivity index (χ4n) is 1.56. The van der Waals surface area contributed by atoms with Crippen LogP contribution in [0.3, 0.4) is 0 Å². The Hall–Kier alpha value is -1.88. The molecular formula is C12H14N2O3. The summed E-state index contributed by atoms with van der Waals surface area (Å²) in [6.07, 6.45) is 0. The summed E-state index contributed by atoms with van der Waals surface area (Å²) in [5, 5.41) is 5.43. The zero-order chi connectivity index (χ0) is 12.1. The van der Waals surface area contributed by atoms with Crippen molar-refractivity contribution in [1.82, 2.24) is 10.6 Å². The van der Waals surface area contributed by atoms with Crippen LogP contribution < -0.4 is 10.6 Å². The second kappa shape index (κ2) is 5.45. The predicted molar refractivity (Wildman–Crippen MR) is 61.0 cm³/mol. The van der Waals surface area contributed by atoms with Crippen LogP contribution in [0.4, 0.5) is 0 Å². The molecule has 0 saturated carbocycles. The topological polar surface area (TPSA) is 67.4 Å². The molecule has 0 radical (unpaired) electrons. The normalized spacial score (nSPS) is 19.5. The van der Waals surface area contributed by atoms with Crippen molar-refractivity contribution in [3.05, 3.63) is 35.9 Å².